The lowest BCUT2D eigenvalue weighted by atomic mass is 9.96. The lowest BCUT2D eigenvalue weighted by Gasteiger charge is -2.09. The Bertz CT molecular complexity index is 2070. The molecule has 4 nitrogen and oxygen atoms in total. The number of fused-ring (bicyclic) bond motifs is 16. The first kappa shape index (κ1) is 17.8. The van der Waals surface area contributed by atoms with Crippen molar-refractivity contribution in [2.45, 2.75) is 12.8 Å². The van der Waals surface area contributed by atoms with E-state index in [0.717, 1.165) is 45.9 Å². The van der Waals surface area contributed by atoms with Crippen molar-refractivity contribution < 1.29 is 0 Å². The molecule has 2 aliphatic rings. The summed E-state index contributed by atoms with van der Waals surface area (Å²) in [7, 11) is 0. The van der Waals surface area contributed by atoms with Gasteiger partial charge in [-0.25, -0.2) is 4.98 Å². The van der Waals surface area contributed by atoms with Gasteiger partial charge in [0, 0.05) is 24.2 Å². The Labute approximate surface area is 200 Å². The van der Waals surface area contributed by atoms with E-state index < -0.39 is 0 Å². The molecule has 0 atom stereocenters. The zero-order valence-electron chi connectivity index (χ0n) is 18.8. The molecule has 35 heavy (non-hydrogen) atoms. The van der Waals surface area contributed by atoms with Gasteiger partial charge in [-0.15, -0.1) is 0 Å². The molecule has 0 saturated heterocycles. The van der Waals surface area contributed by atoms with Gasteiger partial charge in [0.1, 0.15) is 5.52 Å². The van der Waals surface area contributed by atoms with Crippen molar-refractivity contribution in [2.24, 2.45) is 0 Å². The number of imidazole rings is 1. The van der Waals surface area contributed by atoms with Gasteiger partial charge in [-0.1, -0.05) is 42.5 Å². The van der Waals surface area contributed by atoms with Crippen LogP contribution < -0.4 is 0 Å². The summed E-state index contributed by atoms with van der Waals surface area (Å²) in [6, 6.07) is 26.2. The van der Waals surface area contributed by atoms with E-state index in [2.05, 4.69) is 65.1 Å². The molecule has 7 aromatic rings. The summed E-state index contributed by atoms with van der Waals surface area (Å²) >= 11 is 0. The van der Waals surface area contributed by atoms with Crippen LogP contribution in [0.25, 0.3) is 60.9 Å². The number of benzene rings is 3. The lowest BCUT2D eigenvalue weighted by molar-refractivity contribution is 1.16. The van der Waals surface area contributed by atoms with Crippen molar-refractivity contribution in [3.8, 4) is 22.3 Å². The lowest BCUT2D eigenvalue weighted by Crippen LogP contribution is -1.96. The fourth-order valence-electron chi connectivity index (χ4n) is 6.52. The molecule has 0 fully saturated rings. The fourth-order valence-corrected chi connectivity index (χ4v) is 6.52. The van der Waals surface area contributed by atoms with E-state index in [9.17, 15) is 0 Å². The summed E-state index contributed by atoms with van der Waals surface area (Å²) in [6.07, 6.45) is 5.65. The Morgan fingerprint density at radius 3 is 2.29 bits per heavy atom. The Morgan fingerprint density at radius 1 is 0.600 bits per heavy atom. The van der Waals surface area contributed by atoms with E-state index >= 15 is 0 Å². The number of pyridine rings is 3. The topological polar surface area (TPSA) is 43.1 Å². The van der Waals surface area contributed by atoms with Crippen LogP contribution in [0.5, 0.6) is 0 Å². The molecule has 4 aromatic heterocycles. The summed E-state index contributed by atoms with van der Waals surface area (Å²) in [5.41, 5.74) is 17.3. The zero-order valence-corrected chi connectivity index (χ0v) is 18.8. The summed E-state index contributed by atoms with van der Waals surface area (Å²) in [5, 5.41) is 1.04. The highest BCUT2D eigenvalue weighted by atomic mass is 15.0. The Hall–Kier alpha value is -4.57. The third kappa shape index (κ3) is 2.11. The van der Waals surface area contributed by atoms with Crippen LogP contribution in [0.15, 0.2) is 85.2 Å². The van der Waals surface area contributed by atoms with E-state index in [4.69, 9.17) is 15.0 Å². The van der Waals surface area contributed by atoms with Gasteiger partial charge in [-0.05, 0) is 81.3 Å². The van der Waals surface area contributed by atoms with Crippen molar-refractivity contribution in [3.05, 3.63) is 107 Å². The van der Waals surface area contributed by atoms with E-state index in [1.54, 1.807) is 0 Å². The van der Waals surface area contributed by atoms with Gasteiger partial charge in [-0.2, -0.15) is 0 Å². The van der Waals surface area contributed by atoms with Crippen LogP contribution in [0, 0.1) is 0 Å². The highest BCUT2D eigenvalue weighted by Gasteiger charge is 2.30. The molecule has 0 amide bonds. The first-order valence-electron chi connectivity index (χ1n) is 12.1. The van der Waals surface area contributed by atoms with Gasteiger partial charge >= 0.3 is 0 Å². The summed E-state index contributed by atoms with van der Waals surface area (Å²) in [4.78, 5) is 14.6. The van der Waals surface area contributed by atoms with Crippen molar-refractivity contribution in [1.29, 1.82) is 0 Å². The highest BCUT2D eigenvalue weighted by Crippen LogP contribution is 2.48. The minimum absolute atomic E-state index is 0.899. The van der Waals surface area contributed by atoms with Gasteiger partial charge < -0.3 is 0 Å². The maximum atomic E-state index is 5.11. The predicted molar refractivity (Wildman–Crippen MR) is 140 cm³/mol. The molecule has 2 aliphatic carbocycles. The number of nitrogens with zero attached hydrogens (tertiary/aromatic N) is 4. The van der Waals surface area contributed by atoms with Gasteiger partial charge in [0.25, 0.3) is 0 Å². The normalized spacial score (nSPS) is 13.5. The highest BCUT2D eigenvalue weighted by molar-refractivity contribution is 6.11. The predicted octanol–water partition coefficient (Wildman–Crippen LogP) is 6.73. The van der Waals surface area contributed by atoms with Crippen LogP contribution >= 0.6 is 0 Å². The molecule has 0 radical (unpaired) electrons. The van der Waals surface area contributed by atoms with Crippen LogP contribution in [0.1, 0.15) is 22.3 Å². The van der Waals surface area contributed by atoms with Crippen LogP contribution in [0.4, 0.5) is 0 Å². The second-order valence-electron chi connectivity index (χ2n) is 9.63. The number of hydrogen-bond donors (Lipinski definition) is 0. The molecule has 4 heterocycles. The van der Waals surface area contributed by atoms with Crippen LogP contribution in [0.2, 0.25) is 0 Å². The Balaban J connectivity index is 1.39. The average molecular weight is 447 g/mol. The number of rotatable bonds is 0. The van der Waals surface area contributed by atoms with Gasteiger partial charge in [0.05, 0.1) is 22.1 Å². The molecule has 3 aromatic carbocycles. The SMILES string of the molecule is c1ccc2c(c1)Cc1c-2ccc2c1Cc1c-2ccc2nc3c4ncccc4c4ncccc4n3c12. The van der Waals surface area contributed by atoms with Gasteiger partial charge in [0.2, 0.25) is 0 Å². The molecule has 4 heteroatoms. The first-order valence-corrected chi connectivity index (χ1v) is 12.1. The Kier molecular flexibility index (Phi) is 3.11. The smallest absolute Gasteiger partial charge is 0.165 e. The zero-order chi connectivity index (χ0) is 22.7. The number of hydrogen-bond acceptors (Lipinski definition) is 3. The second kappa shape index (κ2) is 6.10. The molecule has 0 saturated carbocycles. The maximum absolute atomic E-state index is 5.11. The van der Waals surface area contributed by atoms with E-state index in [-0.39, 0.29) is 0 Å². The minimum atomic E-state index is 0.899. The maximum Gasteiger partial charge on any atom is 0.165 e. The van der Waals surface area contributed by atoms with Crippen molar-refractivity contribution >= 4 is 38.6 Å². The Morgan fingerprint density at radius 2 is 1.34 bits per heavy atom. The quantitative estimate of drug-likeness (QED) is 0.243. The van der Waals surface area contributed by atoms with Crippen molar-refractivity contribution in [1.82, 2.24) is 19.4 Å². The molecule has 0 bridgehead atoms. The van der Waals surface area contributed by atoms with E-state index in [1.165, 1.54) is 50.0 Å². The fraction of sp³-hybridized carbons (Fsp3) is 0.0645. The molecule has 0 unspecified atom stereocenters. The summed E-state index contributed by atoms with van der Waals surface area (Å²) < 4.78 is 2.30. The third-order valence-corrected chi connectivity index (χ3v) is 7.97. The molecule has 0 spiro atoms. The monoisotopic (exact) mass is 446 g/mol. The van der Waals surface area contributed by atoms with Crippen molar-refractivity contribution in [2.75, 3.05) is 0 Å². The van der Waals surface area contributed by atoms with Crippen molar-refractivity contribution in [3.63, 3.8) is 0 Å². The third-order valence-electron chi connectivity index (χ3n) is 7.97. The molecule has 0 aliphatic heterocycles. The average Bonchev–Trinajstić information content (AvgIpc) is 3.59. The largest absolute Gasteiger partial charge is 0.288 e. The van der Waals surface area contributed by atoms with Gasteiger partial charge in [0.15, 0.2) is 5.65 Å². The van der Waals surface area contributed by atoms with E-state index in [0.29, 0.717) is 0 Å². The minimum Gasteiger partial charge on any atom is -0.288 e. The van der Waals surface area contributed by atoms with Gasteiger partial charge in [-0.3, -0.25) is 14.4 Å². The van der Waals surface area contributed by atoms with Crippen LogP contribution in [0.3, 0.4) is 0 Å². The molecule has 9 rings (SSSR count). The summed E-state index contributed by atoms with van der Waals surface area (Å²) in [5.74, 6) is 0. The molecular weight excluding hydrogens is 428 g/mol. The second-order valence-corrected chi connectivity index (χ2v) is 9.63. The number of aromatic nitrogens is 4. The summed E-state index contributed by atoms with van der Waals surface area (Å²) in [6.45, 7) is 0. The molecular formula is C31H18N4. The van der Waals surface area contributed by atoms with E-state index in [1.807, 2.05) is 24.5 Å². The standard InChI is InChI=1S/C31H18N4/c1-2-6-18-17(5-1)15-23-19(18)9-10-20-21-11-12-26-30(25(21)16-24(20)23)35-27-8-4-14-32-28(27)22-7-3-13-33-29(22)31(35)34-26/h1-14H,15-16H2. The molecule has 162 valence electrons. The molecule has 0 N–H and O–H groups in total. The van der Waals surface area contributed by atoms with Crippen LogP contribution in [-0.2, 0) is 12.8 Å². The van der Waals surface area contributed by atoms with Crippen LogP contribution in [-0.4, -0.2) is 19.4 Å². The first-order chi connectivity index (χ1) is 17.4.